The molecule has 0 saturated heterocycles. The maximum atomic E-state index is 11.3. The third kappa shape index (κ3) is 1.42. The van der Waals surface area contributed by atoms with Gasteiger partial charge in [-0.2, -0.15) is 0 Å². The maximum Gasteiger partial charge on any atom is 0.176 e. The van der Waals surface area contributed by atoms with Gasteiger partial charge in [0.15, 0.2) is 5.78 Å². The lowest BCUT2D eigenvalue weighted by molar-refractivity contribution is 0.100. The number of benzene rings is 1. The average Bonchev–Trinajstić information content (AvgIpc) is 2.63. The fourth-order valence-electron chi connectivity index (χ4n) is 1.60. The smallest absolute Gasteiger partial charge is 0.176 e. The van der Waals surface area contributed by atoms with Crippen molar-refractivity contribution in [2.45, 2.75) is 6.42 Å². The van der Waals surface area contributed by atoms with Crippen LogP contribution >= 0.6 is 0 Å². The van der Waals surface area contributed by atoms with Crippen molar-refractivity contribution in [1.82, 2.24) is 0 Å². The van der Waals surface area contributed by atoms with Gasteiger partial charge in [-0.15, -0.1) is 0 Å². The highest BCUT2D eigenvalue weighted by molar-refractivity contribution is 5.98. The summed E-state index contributed by atoms with van der Waals surface area (Å²) in [6.07, 6.45) is 1.00. The summed E-state index contributed by atoms with van der Waals surface area (Å²) in [5.74, 6) is 0.00898. The van der Waals surface area contributed by atoms with Gasteiger partial charge in [-0.1, -0.05) is 0 Å². The number of hydrogen-bond donors (Lipinski definition) is 2. The van der Waals surface area contributed by atoms with E-state index in [0.717, 1.165) is 24.2 Å². The molecule has 1 heterocycles. The van der Waals surface area contributed by atoms with Crippen LogP contribution in [0.25, 0.3) is 0 Å². The fraction of sp³-hybridized carbons (Fsp3) is 0.300. The Morgan fingerprint density at radius 3 is 3.15 bits per heavy atom. The second-order valence-corrected chi connectivity index (χ2v) is 3.18. The first kappa shape index (κ1) is 8.26. The Labute approximate surface area is 76.9 Å². The van der Waals surface area contributed by atoms with Crippen LogP contribution in [0.15, 0.2) is 18.2 Å². The second kappa shape index (κ2) is 3.18. The van der Waals surface area contributed by atoms with Gasteiger partial charge in [-0.05, 0) is 30.2 Å². The molecule has 1 aromatic rings. The van der Waals surface area contributed by atoms with Gasteiger partial charge in [0.25, 0.3) is 0 Å². The second-order valence-electron chi connectivity index (χ2n) is 3.18. The van der Waals surface area contributed by atoms with Gasteiger partial charge < -0.3 is 11.1 Å². The molecule has 3 heteroatoms. The molecule has 1 aliphatic rings. The molecule has 2 rings (SSSR count). The zero-order valence-corrected chi connectivity index (χ0v) is 7.34. The molecule has 0 bridgehead atoms. The predicted octanol–water partition coefficient (Wildman–Crippen LogP) is 0.796. The summed E-state index contributed by atoms with van der Waals surface area (Å²) in [6, 6.07) is 5.71. The summed E-state index contributed by atoms with van der Waals surface area (Å²) in [5.41, 5.74) is 8.38. The van der Waals surface area contributed by atoms with E-state index in [1.165, 1.54) is 5.56 Å². The van der Waals surface area contributed by atoms with Crippen molar-refractivity contribution in [3.05, 3.63) is 29.3 Å². The van der Waals surface area contributed by atoms with Gasteiger partial charge in [0, 0.05) is 17.8 Å². The molecule has 0 aliphatic carbocycles. The molecule has 0 fully saturated rings. The number of hydrogen-bond acceptors (Lipinski definition) is 3. The number of anilines is 1. The SMILES string of the molecule is NCC(=O)c1ccc2c(c1)CCN2. The van der Waals surface area contributed by atoms with E-state index in [1.54, 1.807) is 0 Å². The molecule has 13 heavy (non-hydrogen) atoms. The molecule has 0 unspecified atom stereocenters. The van der Waals surface area contributed by atoms with E-state index in [0.29, 0.717) is 0 Å². The highest BCUT2D eigenvalue weighted by Gasteiger charge is 2.12. The standard InChI is InChI=1S/C10H12N2O/c11-6-10(13)8-1-2-9-7(5-8)3-4-12-9/h1-2,5,12H,3-4,6,11H2. The number of nitrogens with two attached hydrogens (primary N) is 1. The fourth-order valence-corrected chi connectivity index (χ4v) is 1.60. The van der Waals surface area contributed by atoms with Crippen LogP contribution in [0.3, 0.4) is 0 Å². The highest BCUT2D eigenvalue weighted by atomic mass is 16.1. The first-order valence-corrected chi connectivity index (χ1v) is 4.41. The maximum absolute atomic E-state index is 11.3. The molecular weight excluding hydrogens is 164 g/mol. The summed E-state index contributed by atoms with van der Waals surface area (Å²) in [4.78, 5) is 11.3. The summed E-state index contributed by atoms with van der Waals surface area (Å²) < 4.78 is 0. The van der Waals surface area contributed by atoms with Crippen LogP contribution in [-0.2, 0) is 6.42 Å². The van der Waals surface area contributed by atoms with Gasteiger partial charge in [0.1, 0.15) is 0 Å². The summed E-state index contributed by atoms with van der Waals surface area (Å²) in [6.45, 7) is 1.06. The number of Topliss-reactive ketones (excluding diaryl/α,β-unsaturated/α-hetero) is 1. The molecule has 1 aromatic carbocycles. The zero-order chi connectivity index (χ0) is 9.26. The van der Waals surface area contributed by atoms with Gasteiger partial charge in [0.2, 0.25) is 0 Å². The Hall–Kier alpha value is -1.35. The average molecular weight is 176 g/mol. The van der Waals surface area contributed by atoms with E-state index < -0.39 is 0 Å². The zero-order valence-electron chi connectivity index (χ0n) is 7.34. The molecule has 0 spiro atoms. The lowest BCUT2D eigenvalue weighted by atomic mass is 10.1. The van der Waals surface area contributed by atoms with Gasteiger partial charge in [-0.3, -0.25) is 4.79 Å². The Morgan fingerprint density at radius 2 is 2.38 bits per heavy atom. The van der Waals surface area contributed by atoms with Crippen molar-refractivity contribution < 1.29 is 4.79 Å². The van der Waals surface area contributed by atoms with Crippen molar-refractivity contribution in [3.63, 3.8) is 0 Å². The molecule has 3 N–H and O–H groups in total. The normalized spacial score (nSPS) is 13.6. The topological polar surface area (TPSA) is 55.1 Å². The van der Waals surface area contributed by atoms with Crippen molar-refractivity contribution in [2.75, 3.05) is 18.4 Å². The number of ketones is 1. The van der Waals surface area contributed by atoms with Crippen LogP contribution in [0.1, 0.15) is 15.9 Å². The quantitative estimate of drug-likeness (QED) is 0.655. The monoisotopic (exact) mass is 176 g/mol. The van der Waals surface area contributed by atoms with Crippen LogP contribution < -0.4 is 11.1 Å². The number of carbonyl (C=O) groups excluding carboxylic acids is 1. The molecular formula is C10H12N2O. The number of rotatable bonds is 2. The number of nitrogens with one attached hydrogen (secondary N) is 1. The van der Waals surface area contributed by atoms with E-state index in [-0.39, 0.29) is 12.3 Å². The third-order valence-electron chi connectivity index (χ3n) is 2.32. The van der Waals surface area contributed by atoms with Crippen LogP contribution in [0.2, 0.25) is 0 Å². The number of fused-ring (bicyclic) bond motifs is 1. The third-order valence-corrected chi connectivity index (χ3v) is 2.32. The van der Waals surface area contributed by atoms with Gasteiger partial charge in [0.05, 0.1) is 6.54 Å². The van der Waals surface area contributed by atoms with Crippen molar-refractivity contribution in [3.8, 4) is 0 Å². The van der Waals surface area contributed by atoms with Gasteiger partial charge in [-0.25, -0.2) is 0 Å². The molecule has 0 atom stereocenters. The Bertz CT molecular complexity index is 347. The molecule has 3 nitrogen and oxygen atoms in total. The van der Waals surface area contributed by atoms with Crippen LogP contribution in [-0.4, -0.2) is 18.9 Å². The summed E-state index contributed by atoms with van der Waals surface area (Å²) in [5, 5.41) is 3.24. The van der Waals surface area contributed by atoms with Crippen LogP contribution in [0, 0.1) is 0 Å². The number of carbonyl (C=O) groups is 1. The van der Waals surface area contributed by atoms with Gasteiger partial charge >= 0.3 is 0 Å². The lowest BCUT2D eigenvalue weighted by Gasteiger charge is -2.02. The molecule has 0 radical (unpaired) electrons. The summed E-state index contributed by atoms with van der Waals surface area (Å²) >= 11 is 0. The first-order chi connectivity index (χ1) is 6.31. The van der Waals surface area contributed by atoms with Crippen molar-refractivity contribution >= 4 is 11.5 Å². The van der Waals surface area contributed by atoms with E-state index in [4.69, 9.17) is 5.73 Å². The molecule has 0 amide bonds. The molecule has 68 valence electrons. The molecule has 0 saturated carbocycles. The Balaban J connectivity index is 2.36. The van der Waals surface area contributed by atoms with E-state index >= 15 is 0 Å². The van der Waals surface area contributed by atoms with Crippen LogP contribution in [0.4, 0.5) is 5.69 Å². The van der Waals surface area contributed by atoms with E-state index in [2.05, 4.69) is 5.32 Å². The van der Waals surface area contributed by atoms with Crippen molar-refractivity contribution in [1.29, 1.82) is 0 Å². The highest BCUT2D eigenvalue weighted by Crippen LogP contribution is 2.22. The summed E-state index contributed by atoms with van der Waals surface area (Å²) in [7, 11) is 0. The lowest BCUT2D eigenvalue weighted by Crippen LogP contribution is -2.13. The first-order valence-electron chi connectivity index (χ1n) is 4.41. The van der Waals surface area contributed by atoms with E-state index in [9.17, 15) is 4.79 Å². The van der Waals surface area contributed by atoms with Crippen molar-refractivity contribution in [2.24, 2.45) is 5.73 Å². The molecule has 1 aliphatic heterocycles. The largest absolute Gasteiger partial charge is 0.384 e. The van der Waals surface area contributed by atoms with E-state index in [1.807, 2.05) is 18.2 Å². The minimum absolute atomic E-state index is 0.00898. The predicted molar refractivity (Wildman–Crippen MR) is 52.0 cm³/mol. The minimum atomic E-state index is 0.00898. The van der Waals surface area contributed by atoms with Crippen LogP contribution in [0.5, 0.6) is 0 Å². The molecule has 0 aromatic heterocycles. The minimum Gasteiger partial charge on any atom is -0.384 e. The Morgan fingerprint density at radius 1 is 1.54 bits per heavy atom. The Kier molecular flexibility index (Phi) is 2.02.